The normalized spacial score (nSPS) is 10.3. The summed E-state index contributed by atoms with van der Waals surface area (Å²) in [7, 11) is 1.61. The van der Waals surface area contributed by atoms with Crippen LogP contribution >= 0.6 is 15.9 Å². The number of hydrogen-bond donors (Lipinski definition) is 0. The molecule has 0 radical (unpaired) electrons. The summed E-state index contributed by atoms with van der Waals surface area (Å²) in [5.41, 5.74) is 1.44. The number of methoxy groups -OCH3 is 1. The molecule has 0 aromatic heterocycles. The maximum absolute atomic E-state index is 13.2. The third kappa shape index (κ3) is 3.90. The van der Waals surface area contributed by atoms with Crippen molar-refractivity contribution in [3.05, 3.63) is 63.9 Å². The zero-order chi connectivity index (χ0) is 14.5. The van der Waals surface area contributed by atoms with Crippen LogP contribution in [0.25, 0.3) is 0 Å². The van der Waals surface area contributed by atoms with Crippen LogP contribution in [0, 0.1) is 5.82 Å². The van der Waals surface area contributed by atoms with Crippen molar-refractivity contribution < 1.29 is 13.9 Å². The molecule has 104 valence electrons. The van der Waals surface area contributed by atoms with Gasteiger partial charge in [-0.15, -0.1) is 0 Å². The number of aryl methyl sites for hydroxylation is 1. The molecule has 0 N–H and O–H groups in total. The average molecular weight is 337 g/mol. The van der Waals surface area contributed by atoms with Crippen molar-refractivity contribution in [2.24, 2.45) is 0 Å². The van der Waals surface area contributed by atoms with Crippen LogP contribution in [0.2, 0.25) is 0 Å². The first-order chi connectivity index (χ1) is 9.58. The predicted octanol–water partition coefficient (Wildman–Crippen LogP) is 4.41. The number of ether oxygens (including phenoxy) is 1. The summed E-state index contributed by atoms with van der Waals surface area (Å²) in [6, 6.07) is 11.8. The van der Waals surface area contributed by atoms with Gasteiger partial charge >= 0.3 is 0 Å². The SMILES string of the molecule is COc1ccc(CCC(=O)c2cc(F)cc(Br)c2)cc1. The first kappa shape index (κ1) is 14.7. The molecule has 2 nitrogen and oxygen atoms in total. The summed E-state index contributed by atoms with van der Waals surface area (Å²) in [6.45, 7) is 0. The second-order valence-corrected chi connectivity index (χ2v) is 5.35. The second-order valence-electron chi connectivity index (χ2n) is 4.43. The highest BCUT2D eigenvalue weighted by molar-refractivity contribution is 9.10. The minimum absolute atomic E-state index is 0.0685. The summed E-state index contributed by atoms with van der Waals surface area (Å²) in [5.74, 6) is 0.308. The van der Waals surface area contributed by atoms with Gasteiger partial charge in [-0.1, -0.05) is 28.1 Å². The Balaban J connectivity index is 2.00. The predicted molar refractivity (Wildman–Crippen MR) is 79.7 cm³/mol. The van der Waals surface area contributed by atoms with Crippen LogP contribution in [0.1, 0.15) is 22.3 Å². The molecule has 0 heterocycles. The molecule has 4 heteroatoms. The van der Waals surface area contributed by atoms with Gasteiger partial charge in [0.25, 0.3) is 0 Å². The smallest absolute Gasteiger partial charge is 0.163 e. The number of halogens is 2. The van der Waals surface area contributed by atoms with E-state index < -0.39 is 5.82 Å². The minimum atomic E-state index is -0.410. The standard InChI is InChI=1S/C16H14BrFO2/c1-20-15-5-2-11(3-6-15)4-7-16(19)12-8-13(17)10-14(18)9-12/h2-3,5-6,8-10H,4,7H2,1H3. The number of benzene rings is 2. The van der Waals surface area contributed by atoms with Crippen LogP contribution in [0.3, 0.4) is 0 Å². The Kier molecular flexibility index (Phi) is 4.90. The largest absolute Gasteiger partial charge is 0.497 e. The van der Waals surface area contributed by atoms with E-state index in [0.29, 0.717) is 22.9 Å². The molecule has 0 saturated carbocycles. The van der Waals surface area contributed by atoms with Crippen LogP contribution in [-0.2, 0) is 6.42 Å². The van der Waals surface area contributed by atoms with E-state index in [1.807, 2.05) is 24.3 Å². The van der Waals surface area contributed by atoms with Crippen molar-refractivity contribution >= 4 is 21.7 Å². The Labute approximate surface area is 125 Å². The molecule has 0 amide bonds. The lowest BCUT2D eigenvalue weighted by Crippen LogP contribution is -2.02. The Bertz CT molecular complexity index is 588. The maximum Gasteiger partial charge on any atom is 0.163 e. The van der Waals surface area contributed by atoms with Gasteiger partial charge in [0.1, 0.15) is 11.6 Å². The molecule has 0 atom stereocenters. The Morgan fingerprint density at radius 3 is 2.50 bits per heavy atom. The van der Waals surface area contributed by atoms with Crippen molar-refractivity contribution in [2.75, 3.05) is 7.11 Å². The fourth-order valence-corrected chi connectivity index (χ4v) is 2.37. The molecule has 20 heavy (non-hydrogen) atoms. The topological polar surface area (TPSA) is 26.3 Å². The summed E-state index contributed by atoms with van der Waals surface area (Å²) in [6.07, 6.45) is 0.971. The molecule has 0 unspecified atom stereocenters. The molecular formula is C16H14BrFO2. The number of hydrogen-bond acceptors (Lipinski definition) is 2. The Hall–Kier alpha value is -1.68. The van der Waals surface area contributed by atoms with Gasteiger partial charge in [-0.05, 0) is 42.3 Å². The van der Waals surface area contributed by atoms with Crippen LogP contribution < -0.4 is 4.74 Å². The third-order valence-electron chi connectivity index (χ3n) is 2.98. The van der Waals surface area contributed by atoms with Crippen molar-refractivity contribution in [1.29, 1.82) is 0 Å². The highest BCUT2D eigenvalue weighted by atomic mass is 79.9. The first-order valence-electron chi connectivity index (χ1n) is 6.20. The minimum Gasteiger partial charge on any atom is -0.497 e. The summed E-state index contributed by atoms with van der Waals surface area (Å²) in [4.78, 5) is 12.0. The summed E-state index contributed by atoms with van der Waals surface area (Å²) >= 11 is 3.19. The van der Waals surface area contributed by atoms with Gasteiger partial charge < -0.3 is 4.74 Å². The van der Waals surface area contributed by atoms with Crippen LogP contribution in [0.4, 0.5) is 4.39 Å². The van der Waals surface area contributed by atoms with Crippen LogP contribution in [-0.4, -0.2) is 12.9 Å². The molecule has 0 aliphatic rings. The van der Waals surface area contributed by atoms with E-state index in [-0.39, 0.29) is 5.78 Å². The first-order valence-corrected chi connectivity index (χ1v) is 7.00. The van der Waals surface area contributed by atoms with E-state index in [4.69, 9.17) is 4.74 Å². The van der Waals surface area contributed by atoms with E-state index in [2.05, 4.69) is 15.9 Å². The Morgan fingerprint density at radius 1 is 1.20 bits per heavy atom. The Morgan fingerprint density at radius 2 is 1.90 bits per heavy atom. The number of Topliss-reactive ketones (excluding diaryl/α,β-unsaturated/α-hetero) is 1. The summed E-state index contributed by atoms with van der Waals surface area (Å²) < 4.78 is 18.9. The molecule has 0 aliphatic carbocycles. The number of carbonyl (C=O) groups excluding carboxylic acids is 1. The van der Waals surface area contributed by atoms with Crippen LogP contribution in [0.5, 0.6) is 5.75 Å². The van der Waals surface area contributed by atoms with Crippen LogP contribution in [0.15, 0.2) is 46.9 Å². The maximum atomic E-state index is 13.2. The third-order valence-corrected chi connectivity index (χ3v) is 3.44. The van der Waals surface area contributed by atoms with Crippen molar-refractivity contribution in [2.45, 2.75) is 12.8 Å². The zero-order valence-corrected chi connectivity index (χ0v) is 12.6. The fourth-order valence-electron chi connectivity index (χ4n) is 1.91. The molecule has 0 aliphatic heterocycles. The van der Waals surface area contributed by atoms with E-state index in [1.54, 1.807) is 13.2 Å². The van der Waals surface area contributed by atoms with Gasteiger partial charge in [0, 0.05) is 16.5 Å². The van der Waals surface area contributed by atoms with Gasteiger partial charge in [-0.3, -0.25) is 4.79 Å². The van der Waals surface area contributed by atoms with Gasteiger partial charge in [0.05, 0.1) is 7.11 Å². The zero-order valence-electron chi connectivity index (χ0n) is 11.0. The molecule has 2 aromatic carbocycles. The molecule has 0 fully saturated rings. The van der Waals surface area contributed by atoms with Gasteiger partial charge in [-0.25, -0.2) is 4.39 Å². The quantitative estimate of drug-likeness (QED) is 0.756. The van der Waals surface area contributed by atoms with Crippen molar-refractivity contribution in [1.82, 2.24) is 0 Å². The molecule has 0 spiro atoms. The van der Waals surface area contributed by atoms with Crippen molar-refractivity contribution in [3.63, 3.8) is 0 Å². The summed E-state index contributed by atoms with van der Waals surface area (Å²) in [5, 5.41) is 0. The lowest BCUT2D eigenvalue weighted by molar-refractivity contribution is 0.0982. The van der Waals surface area contributed by atoms with E-state index in [0.717, 1.165) is 11.3 Å². The van der Waals surface area contributed by atoms with E-state index in [9.17, 15) is 9.18 Å². The lowest BCUT2D eigenvalue weighted by atomic mass is 10.0. The van der Waals surface area contributed by atoms with Gasteiger partial charge in [0.15, 0.2) is 5.78 Å². The average Bonchev–Trinajstić information content (AvgIpc) is 2.44. The monoisotopic (exact) mass is 336 g/mol. The van der Waals surface area contributed by atoms with E-state index in [1.165, 1.54) is 12.1 Å². The molecule has 0 saturated heterocycles. The van der Waals surface area contributed by atoms with Gasteiger partial charge in [0.2, 0.25) is 0 Å². The highest BCUT2D eigenvalue weighted by Gasteiger charge is 2.09. The lowest BCUT2D eigenvalue weighted by Gasteiger charge is -2.04. The fraction of sp³-hybridized carbons (Fsp3) is 0.188. The second kappa shape index (κ2) is 6.66. The van der Waals surface area contributed by atoms with E-state index >= 15 is 0 Å². The molecular weight excluding hydrogens is 323 g/mol. The number of carbonyl (C=O) groups is 1. The highest BCUT2D eigenvalue weighted by Crippen LogP contribution is 2.18. The molecule has 2 aromatic rings. The molecule has 2 rings (SSSR count). The number of ketones is 1. The van der Waals surface area contributed by atoms with Crippen molar-refractivity contribution in [3.8, 4) is 5.75 Å². The number of rotatable bonds is 5. The van der Waals surface area contributed by atoms with Gasteiger partial charge in [-0.2, -0.15) is 0 Å². The molecule has 0 bridgehead atoms.